The molecule has 0 aliphatic heterocycles. The Morgan fingerprint density at radius 2 is 2.17 bits per heavy atom. The lowest BCUT2D eigenvalue weighted by Crippen LogP contribution is -2.58. The molecular weight excluding hydrogens is 330 g/mol. The van der Waals surface area contributed by atoms with Gasteiger partial charge in [0.1, 0.15) is 0 Å². The average Bonchev–Trinajstić information content (AvgIpc) is 2.52. The number of hydrogen-bond acceptors (Lipinski definition) is 5. The molecule has 1 amide bonds. The molecule has 3 atom stereocenters. The van der Waals surface area contributed by atoms with Gasteiger partial charge in [0, 0.05) is 43.1 Å². The van der Waals surface area contributed by atoms with Crippen LogP contribution in [0.4, 0.5) is 0 Å². The SMILES string of the molecule is COC1Cc2ccc(C(N)=O)cc2C(C)(C)C1NC[C@@H](N)CO.Cl. The van der Waals surface area contributed by atoms with E-state index in [-0.39, 0.29) is 42.6 Å². The number of nitrogens with two attached hydrogens (primary N) is 2. The minimum atomic E-state index is -0.427. The molecule has 0 fully saturated rings. The largest absolute Gasteiger partial charge is 0.395 e. The number of hydrogen-bond donors (Lipinski definition) is 4. The van der Waals surface area contributed by atoms with Crippen LogP contribution in [-0.4, -0.2) is 49.5 Å². The summed E-state index contributed by atoms with van der Waals surface area (Å²) < 4.78 is 5.68. The number of methoxy groups -OCH3 is 1. The highest BCUT2D eigenvalue weighted by Gasteiger charge is 2.42. The van der Waals surface area contributed by atoms with Crippen LogP contribution in [0.25, 0.3) is 0 Å². The summed E-state index contributed by atoms with van der Waals surface area (Å²) in [5.74, 6) is -0.427. The van der Waals surface area contributed by atoms with Crippen LogP contribution in [0.1, 0.15) is 35.3 Å². The third-order valence-corrected chi connectivity index (χ3v) is 4.80. The Kier molecular flexibility index (Phi) is 7.19. The number of rotatable bonds is 6. The first-order valence-corrected chi connectivity index (χ1v) is 7.87. The fraction of sp³-hybridized carbons (Fsp3) is 0.588. The molecule has 6 nitrogen and oxygen atoms in total. The smallest absolute Gasteiger partial charge is 0.248 e. The van der Waals surface area contributed by atoms with Crippen molar-refractivity contribution < 1.29 is 14.6 Å². The summed E-state index contributed by atoms with van der Waals surface area (Å²) in [6, 6.07) is 5.30. The van der Waals surface area contributed by atoms with Crippen molar-refractivity contribution in [2.75, 3.05) is 20.3 Å². The first-order chi connectivity index (χ1) is 10.8. The summed E-state index contributed by atoms with van der Waals surface area (Å²) in [5.41, 5.74) is 13.7. The summed E-state index contributed by atoms with van der Waals surface area (Å²) in [5, 5.41) is 12.6. The molecule has 0 heterocycles. The van der Waals surface area contributed by atoms with Crippen LogP contribution in [-0.2, 0) is 16.6 Å². The van der Waals surface area contributed by atoms with E-state index in [0.717, 1.165) is 17.5 Å². The summed E-state index contributed by atoms with van der Waals surface area (Å²) in [6.45, 7) is 4.66. The highest BCUT2D eigenvalue weighted by Crippen LogP contribution is 2.38. The zero-order valence-electron chi connectivity index (χ0n) is 14.4. The van der Waals surface area contributed by atoms with Crippen molar-refractivity contribution in [2.24, 2.45) is 11.5 Å². The van der Waals surface area contributed by atoms with Crippen LogP contribution in [0.5, 0.6) is 0 Å². The van der Waals surface area contributed by atoms with Gasteiger partial charge in [-0.2, -0.15) is 0 Å². The van der Waals surface area contributed by atoms with E-state index in [1.54, 1.807) is 13.2 Å². The number of carbonyl (C=O) groups is 1. The molecule has 0 saturated heterocycles. The van der Waals surface area contributed by atoms with Crippen molar-refractivity contribution in [3.63, 3.8) is 0 Å². The molecule has 0 saturated carbocycles. The maximum atomic E-state index is 11.5. The summed E-state index contributed by atoms with van der Waals surface area (Å²) >= 11 is 0. The number of aliphatic hydroxyl groups excluding tert-OH is 1. The quantitative estimate of drug-likeness (QED) is 0.586. The Morgan fingerprint density at radius 1 is 1.50 bits per heavy atom. The van der Waals surface area contributed by atoms with E-state index in [2.05, 4.69) is 19.2 Å². The number of benzene rings is 1. The third kappa shape index (κ3) is 4.07. The predicted octanol–water partition coefficient (Wildman–Crippen LogP) is 0.334. The number of nitrogens with one attached hydrogen (secondary N) is 1. The van der Waals surface area contributed by atoms with Gasteiger partial charge in [-0.25, -0.2) is 0 Å². The fourth-order valence-corrected chi connectivity index (χ4v) is 3.42. The maximum Gasteiger partial charge on any atom is 0.248 e. The van der Waals surface area contributed by atoms with E-state index < -0.39 is 5.91 Å². The van der Waals surface area contributed by atoms with E-state index in [9.17, 15) is 4.79 Å². The molecule has 6 N–H and O–H groups in total. The Hall–Kier alpha value is -1.18. The lowest BCUT2D eigenvalue weighted by Gasteiger charge is -2.45. The van der Waals surface area contributed by atoms with Crippen molar-refractivity contribution in [3.05, 3.63) is 34.9 Å². The van der Waals surface area contributed by atoms with Gasteiger partial charge in [0.15, 0.2) is 0 Å². The van der Waals surface area contributed by atoms with E-state index in [0.29, 0.717) is 12.1 Å². The Morgan fingerprint density at radius 3 is 2.71 bits per heavy atom. The molecule has 0 spiro atoms. The Labute approximate surface area is 149 Å². The van der Waals surface area contributed by atoms with Crippen LogP contribution in [0.15, 0.2) is 18.2 Å². The van der Waals surface area contributed by atoms with Gasteiger partial charge in [-0.1, -0.05) is 19.9 Å². The average molecular weight is 358 g/mol. The van der Waals surface area contributed by atoms with Crippen LogP contribution < -0.4 is 16.8 Å². The number of ether oxygens (including phenoxy) is 1. The molecule has 0 bridgehead atoms. The molecular formula is C17H28ClN3O3. The van der Waals surface area contributed by atoms with Gasteiger partial charge in [-0.05, 0) is 23.3 Å². The topological polar surface area (TPSA) is 111 Å². The van der Waals surface area contributed by atoms with Gasteiger partial charge in [0.2, 0.25) is 5.91 Å². The van der Waals surface area contributed by atoms with Gasteiger partial charge in [0.05, 0.1) is 12.7 Å². The number of amides is 1. The van der Waals surface area contributed by atoms with Crippen LogP contribution in [0.2, 0.25) is 0 Å². The van der Waals surface area contributed by atoms with Crippen molar-refractivity contribution >= 4 is 18.3 Å². The molecule has 24 heavy (non-hydrogen) atoms. The lowest BCUT2D eigenvalue weighted by atomic mass is 9.67. The van der Waals surface area contributed by atoms with Crippen molar-refractivity contribution in [3.8, 4) is 0 Å². The predicted molar refractivity (Wildman–Crippen MR) is 96.6 cm³/mol. The molecule has 1 aliphatic carbocycles. The van der Waals surface area contributed by atoms with Crippen LogP contribution in [0, 0.1) is 0 Å². The van der Waals surface area contributed by atoms with Crippen molar-refractivity contribution in [1.82, 2.24) is 5.32 Å². The zero-order chi connectivity index (χ0) is 17.2. The van der Waals surface area contributed by atoms with Crippen molar-refractivity contribution in [2.45, 2.75) is 43.9 Å². The van der Waals surface area contributed by atoms with Gasteiger partial charge >= 0.3 is 0 Å². The molecule has 0 aromatic heterocycles. The highest BCUT2D eigenvalue weighted by atomic mass is 35.5. The third-order valence-electron chi connectivity index (χ3n) is 4.80. The molecule has 7 heteroatoms. The molecule has 1 aromatic rings. The first kappa shape index (κ1) is 20.9. The summed E-state index contributed by atoms with van der Waals surface area (Å²) in [6.07, 6.45) is 0.739. The zero-order valence-corrected chi connectivity index (χ0v) is 15.2. The van der Waals surface area contributed by atoms with Gasteiger partial charge < -0.3 is 26.6 Å². The standard InChI is InChI=1S/C17H27N3O3.ClH/c1-17(2)13-6-11(16(19)22)5-4-10(13)7-14(23-3)15(17)20-8-12(18)9-21;/h4-6,12,14-15,20-21H,7-9,18H2,1-3H3,(H2,19,22);1H/t12-,14?,15?;/m1./s1. The number of carbonyl (C=O) groups excluding carboxylic acids is 1. The minimum absolute atomic E-state index is 0. The summed E-state index contributed by atoms with van der Waals surface area (Å²) in [4.78, 5) is 11.5. The van der Waals surface area contributed by atoms with Crippen molar-refractivity contribution in [1.29, 1.82) is 0 Å². The van der Waals surface area contributed by atoms with E-state index in [1.807, 2.05) is 12.1 Å². The monoisotopic (exact) mass is 357 g/mol. The molecule has 1 aliphatic rings. The second-order valence-corrected chi connectivity index (χ2v) is 6.76. The molecule has 136 valence electrons. The van der Waals surface area contributed by atoms with Gasteiger partial charge in [-0.15, -0.1) is 12.4 Å². The summed E-state index contributed by atoms with van der Waals surface area (Å²) in [7, 11) is 1.70. The Bertz CT molecular complexity index is 580. The molecule has 0 radical (unpaired) electrons. The second-order valence-electron chi connectivity index (χ2n) is 6.76. The fourth-order valence-electron chi connectivity index (χ4n) is 3.42. The number of fused-ring (bicyclic) bond motifs is 1. The van der Waals surface area contributed by atoms with Gasteiger partial charge in [0.25, 0.3) is 0 Å². The number of aliphatic hydroxyl groups is 1. The van der Waals surface area contributed by atoms with Crippen LogP contribution in [0.3, 0.4) is 0 Å². The molecule has 1 aromatic carbocycles. The maximum absolute atomic E-state index is 11.5. The first-order valence-electron chi connectivity index (χ1n) is 7.87. The minimum Gasteiger partial charge on any atom is -0.395 e. The Balaban J connectivity index is 0.00000288. The second kappa shape index (κ2) is 8.27. The van der Waals surface area contributed by atoms with Crippen LogP contribution >= 0.6 is 12.4 Å². The van der Waals surface area contributed by atoms with E-state index >= 15 is 0 Å². The highest BCUT2D eigenvalue weighted by molar-refractivity contribution is 5.93. The van der Waals surface area contributed by atoms with E-state index in [1.165, 1.54) is 0 Å². The lowest BCUT2D eigenvalue weighted by molar-refractivity contribution is 0.0344. The molecule has 2 unspecified atom stereocenters. The van der Waals surface area contributed by atoms with E-state index in [4.69, 9.17) is 21.3 Å². The number of primary amides is 1. The van der Waals surface area contributed by atoms with Gasteiger partial charge in [-0.3, -0.25) is 4.79 Å². The normalized spacial score (nSPS) is 23.0. The molecule has 2 rings (SSSR count). The number of halogens is 1.